The summed E-state index contributed by atoms with van der Waals surface area (Å²) in [6.07, 6.45) is 2.18. The van der Waals surface area contributed by atoms with Crippen LogP contribution < -0.4 is 9.80 Å². The quantitative estimate of drug-likeness (QED) is 0.857. The molecule has 1 N–H and O–H groups in total. The fourth-order valence-electron chi connectivity index (χ4n) is 1.99. The molecule has 2 heterocycles. The molecule has 1 saturated heterocycles. The number of hydrogen-bond donors (Lipinski definition) is 1. The molecule has 5 heteroatoms. The Labute approximate surface area is 108 Å². The first-order valence-corrected chi connectivity index (χ1v) is 6.37. The molecule has 0 aliphatic carbocycles. The van der Waals surface area contributed by atoms with Gasteiger partial charge < -0.3 is 14.9 Å². The highest BCUT2D eigenvalue weighted by atomic mass is 16.3. The first-order valence-electron chi connectivity index (χ1n) is 6.37. The van der Waals surface area contributed by atoms with Gasteiger partial charge in [-0.05, 0) is 27.2 Å². The van der Waals surface area contributed by atoms with E-state index in [0.717, 1.165) is 24.6 Å². The van der Waals surface area contributed by atoms with E-state index in [-0.39, 0.29) is 11.6 Å². The van der Waals surface area contributed by atoms with Gasteiger partial charge in [-0.25, -0.2) is 9.97 Å². The Balaban J connectivity index is 2.20. The second kappa shape index (κ2) is 4.72. The second-order valence-corrected chi connectivity index (χ2v) is 5.85. The molecular formula is C13H22N4O. The van der Waals surface area contributed by atoms with Crippen LogP contribution in [0.1, 0.15) is 27.2 Å². The van der Waals surface area contributed by atoms with Crippen molar-refractivity contribution in [1.82, 2.24) is 9.97 Å². The molecule has 0 saturated carbocycles. The van der Waals surface area contributed by atoms with Crippen LogP contribution >= 0.6 is 0 Å². The minimum Gasteiger partial charge on any atom is -0.391 e. The monoisotopic (exact) mass is 250 g/mol. The van der Waals surface area contributed by atoms with E-state index in [0.29, 0.717) is 6.54 Å². The van der Waals surface area contributed by atoms with Crippen LogP contribution in [0.3, 0.4) is 0 Å². The molecule has 0 radical (unpaired) electrons. The lowest BCUT2D eigenvalue weighted by molar-refractivity contribution is 0.198. The molecule has 1 fully saturated rings. The van der Waals surface area contributed by atoms with E-state index in [1.54, 1.807) is 6.33 Å². The molecule has 18 heavy (non-hydrogen) atoms. The molecule has 100 valence electrons. The predicted molar refractivity (Wildman–Crippen MR) is 73.0 cm³/mol. The Morgan fingerprint density at radius 1 is 1.39 bits per heavy atom. The van der Waals surface area contributed by atoms with Gasteiger partial charge in [-0.3, -0.25) is 0 Å². The van der Waals surface area contributed by atoms with Crippen molar-refractivity contribution >= 4 is 11.6 Å². The molecule has 1 aromatic heterocycles. The molecular weight excluding hydrogens is 228 g/mol. The highest BCUT2D eigenvalue weighted by molar-refractivity contribution is 5.51. The largest absolute Gasteiger partial charge is 0.391 e. The van der Waals surface area contributed by atoms with Crippen LogP contribution in [0.4, 0.5) is 11.6 Å². The van der Waals surface area contributed by atoms with Gasteiger partial charge >= 0.3 is 0 Å². The molecule has 5 nitrogen and oxygen atoms in total. The van der Waals surface area contributed by atoms with E-state index < -0.39 is 0 Å². The molecule has 0 spiro atoms. The Morgan fingerprint density at radius 3 is 2.67 bits per heavy atom. The predicted octanol–water partition coefficient (Wildman–Crippen LogP) is 1.28. The summed E-state index contributed by atoms with van der Waals surface area (Å²) in [7, 11) is 2.03. The van der Waals surface area contributed by atoms with Crippen molar-refractivity contribution in [3.8, 4) is 0 Å². The van der Waals surface area contributed by atoms with E-state index in [2.05, 4.69) is 40.5 Å². The van der Waals surface area contributed by atoms with E-state index in [1.807, 2.05) is 13.1 Å². The maximum absolute atomic E-state index is 9.57. The first-order chi connectivity index (χ1) is 8.38. The fourth-order valence-corrected chi connectivity index (χ4v) is 1.99. The molecule has 1 aromatic rings. The van der Waals surface area contributed by atoms with Crippen molar-refractivity contribution < 1.29 is 5.11 Å². The van der Waals surface area contributed by atoms with Crippen LogP contribution in [-0.4, -0.2) is 46.9 Å². The van der Waals surface area contributed by atoms with E-state index in [1.165, 1.54) is 0 Å². The van der Waals surface area contributed by atoms with E-state index in [4.69, 9.17) is 0 Å². The zero-order chi connectivity index (χ0) is 13.3. The van der Waals surface area contributed by atoms with Crippen LogP contribution in [-0.2, 0) is 0 Å². The van der Waals surface area contributed by atoms with Crippen molar-refractivity contribution in [2.45, 2.75) is 38.8 Å². The van der Waals surface area contributed by atoms with Crippen LogP contribution in [0.15, 0.2) is 12.4 Å². The number of aliphatic hydroxyl groups excluding tert-OH is 1. The number of aliphatic hydroxyl groups is 1. The van der Waals surface area contributed by atoms with Gasteiger partial charge in [0.25, 0.3) is 0 Å². The Kier molecular flexibility index (Phi) is 3.43. The summed E-state index contributed by atoms with van der Waals surface area (Å²) in [5.74, 6) is 1.81. The summed E-state index contributed by atoms with van der Waals surface area (Å²) in [5, 5.41) is 9.57. The summed E-state index contributed by atoms with van der Waals surface area (Å²) in [5.41, 5.74) is 0.0240. The minimum absolute atomic E-state index is 0.0240. The van der Waals surface area contributed by atoms with Crippen LogP contribution in [0, 0.1) is 0 Å². The van der Waals surface area contributed by atoms with E-state index >= 15 is 0 Å². The standard InChI is InChI=1S/C13H22N4O/c1-13(2,3)16(4)11-7-12(15-9-14-11)17-6-5-10(18)8-17/h7,9-10,18H,5-6,8H2,1-4H3. The third-order valence-electron chi connectivity index (χ3n) is 3.48. The smallest absolute Gasteiger partial charge is 0.134 e. The number of aromatic nitrogens is 2. The van der Waals surface area contributed by atoms with Crippen molar-refractivity contribution in [1.29, 1.82) is 0 Å². The highest BCUT2D eigenvalue weighted by Crippen LogP contribution is 2.24. The topological polar surface area (TPSA) is 52.5 Å². The van der Waals surface area contributed by atoms with Gasteiger partial charge in [0, 0.05) is 31.7 Å². The molecule has 1 atom stereocenters. The fraction of sp³-hybridized carbons (Fsp3) is 0.692. The Morgan fingerprint density at radius 2 is 2.11 bits per heavy atom. The minimum atomic E-state index is -0.233. The number of nitrogens with zero attached hydrogens (tertiary/aromatic N) is 4. The summed E-state index contributed by atoms with van der Waals surface area (Å²) in [6.45, 7) is 7.96. The summed E-state index contributed by atoms with van der Waals surface area (Å²) >= 11 is 0. The average Bonchev–Trinajstić information content (AvgIpc) is 2.74. The summed E-state index contributed by atoms with van der Waals surface area (Å²) < 4.78 is 0. The average molecular weight is 250 g/mol. The Bertz CT molecular complexity index is 416. The number of hydrogen-bond acceptors (Lipinski definition) is 5. The normalized spacial score (nSPS) is 20.3. The van der Waals surface area contributed by atoms with Gasteiger partial charge in [-0.1, -0.05) is 0 Å². The third-order valence-corrected chi connectivity index (χ3v) is 3.48. The van der Waals surface area contributed by atoms with Gasteiger partial charge in [0.1, 0.15) is 18.0 Å². The van der Waals surface area contributed by atoms with Gasteiger partial charge in [-0.15, -0.1) is 0 Å². The lowest BCUT2D eigenvalue weighted by Gasteiger charge is -2.33. The van der Waals surface area contributed by atoms with Crippen LogP contribution in [0.2, 0.25) is 0 Å². The second-order valence-electron chi connectivity index (χ2n) is 5.85. The van der Waals surface area contributed by atoms with Gasteiger partial charge in [-0.2, -0.15) is 0 Å². The van der Waals surface area contributed by atoms with Gasteiger partial charge in [0.2, 0.25) is 0 Å². The highest BCUT2D eigenvalue weighted by Gasteiger charge is 2.23. The van der Waals surface area contributed by atoms with Crippen molar-refractivity contribution in [2.75, 3.05) is 29.9 Å². The SMILES string of the molecule is CN(c1cc(N2CCC(O)C2)ncn1)C(C)(C)C. The molecule has 0 bridgehead atoms. The van der Waals surface area contributed by atoms with Crippen molar-refractivity contribution in [3.05, 3.63) is 12.4 Å². The van der Waals surface area contributed by atoms with Crippen molar-refractivity contribution in [2.24, 2.45) is 0 Å². The summed E-state index contributed by atoms with van der Waals surface area (Å²) in [4.78, 5) is 12.9. The molecule has 1 aliphatic heterocycles. The van der Waals surface area contributed by atoms with E-state index in [9.17, 15) is 5.11 Å². The molecule has 1 aliphatic rings. The van der Waals surface area contributed by atoms with Gasteiger partial charge in [0.15, 0.2) is 0 Å². The number of rotatable bonds is 2. The lowest BCUT2D eigenvalue weighted by Crippen LogP contribution is -2.38. The zero-order valence-electron chi connectivity index (χ0n) is 11.6. The number of β-amino-alcohol motifs (C(OH)–C–C–N with tert-alkyl or cyclic N) is 1. The summed E-state index contributed by atoms with van der Waals surface area (Å²) in [6, 6.07) is 1.99. The van der Waals surface area contributed by atoms with Crippen molar-refractivity contribution in [3.63, 3.8) is 0 Å². The Hall–Kier alpha value is -1.36. The zero-order valence-corrected chi connectivity index (χ0v) is 11.6. The molecule has 1 unspecified atom stereocenters. The third kappa shape index (κ3) is 2.72. The number of anilines is 2. The van der Waals surface area contributed by atoms with Crippen LogP contribution in [0.5, 0.6) is 0 Å². The lowest BCUT2D eigenvalue weighted by atomic mass is 10.1. The first kappa shape index (κ1) is 13.1. The van der Waals surface area contributed by atoms with Crippen LogP contribution in [0.25, 0.3) is 0 Å². The molecule has 0 amide bonds. The maximum Gasteiger partial charge on any atom is 0.134 e. The maximum atomic E-state index is 9.57. The van der Waals surface area contributed by atoms with Gasteiger partial charge in [0.05, 0.1) is 6.10 Å². The molecule has 2 rings (SSSR count). The molecule has 0 aromatic carbocycles.